The Bertz CT molecular complexity index is 541. The average Bonchev–Trinajstić information content (AvgIpc) is 2.99. The van der Waals surface area contributed by atoms with Gasteiger partial charge in [-0.25, -0.2) is 4.98 Å². The maximum atomic E-state index is 12.2. The number of carboxylic acids is 1. The number of amides is 1. The van der Waals surface area contributed by atoms with Crippen LogP contribution in [-0.2, 0) is 9.59 Å². The Morgan fingerprint density at radius 2 is 1.95 bits per heavy atom. The number of carboxylic acid groups (broad SMARTS) is 1. The van der Waals surface area contributed by atoms with Gasteiger partial charge in [0.25, 0.3) is 0 Å². The molecule has 5 nitrogen and oxygen atoms in total. The predicted octanol–water partition coefficient (Wildman–Crippen LogP) is 0.208. The SMILES string of the molecule is O=C([O-])[C@@H]1[C@H](C(=O)Nc2ccccn2)[C@@H]2C=C[C@H]1C2. The molecule has 0 aliphatic heterocycles. The van der Waals surface area contributed by atoms with Crippen LogP contribution in [0.25, 0.3) is 0 Å². The summed E-state index contributed by atoms with van der Waals surface area (Å²) in [6, 6.07) is 5.19. The van der Waals surface area contributed by atoms with Crippen LogP contribution >= 0.6 is 0 Å². The van der Waals surface area contributed by atoms with Crippen molar-refractivity contribution in [3.63, 3.8) is 0 Å². The Hall–Kier alpha value is -2.17. The largest absolute Gasteiger partial charge is 0.550 e. The lowest BCUT2D eigenvalue weighted by molar-refractivity contribution is -0.313. The van der Waals surface area contributed by atoms with Crippen LogP contribution in [0.2, 0.25) is 0 Å². The van der Waals surface area contributed by atoms with E-state index in [0.717, 1.165) is 6.42 Å². The monoisotopic (exact) mass is 257 g/mol. The van der Waals surface area contributed by atoms with Crippen LogP contribution in [-0.4, -0.2) is 16.9 Å². The van der Waals surface area contributed by atoms with Crippen LogP contribution in [0.15, 0.2) is 36.5 Å². The van der Waals surface area contributed by atoms with E-state index in [9.17, 15) is 14.7 Å². The molecule has 3 rings (SSSR count). The standard InChI is InChI=1S/C14H14N2O3/c17-13(16-10-3-1-2-6-15-10)11-8-4-5-9(7-8)12(11)14(18)19/h1-6,8-9,11-12H,7H2,(H,18,19)(H,15,16,17)/p-1/t8-,9+,11-,12+/m1/s1. The third kappa shape index (κ3) is 2.01. The smallest absolute Gasteiger partial charge is 0.229 e. The first-order valence-corrected chi connectivity index (χ1v) is 6.28. The molecule has 1 aromatic rings. The second kappa shape index (κ2) is 4.50. The molecule has 1 heterocycles. The summed E-state index contributed by atoms with van der Waals surface area (Å²) in [7, 11) is 0. The van der Waals surface area contributed by atoms with E-state index in [2.05, 4.69) is 10.3 Å². The summed E-state index contributed by atoms with van der Waals surface area (Å²) < 4.78 is 0. The average molecular weight is 257 g/mol. The number of nitrogens with one attached hydrogen (secondary N) is 1. The molecule has 1 aromatic heterocycles. The Labute approximate surface area is 110 Å². The summed E-state index contributed by atoms with van der Waals surface area (Å²) >= 11 is 0. The van der Waals surface area contributed by atoms with Crippen LogP contribution in [0.4, 0.5) is 5.82 Å². The number of fused-ring (bicyclic) bond motifs is 2. The fourth-order valence-electron chi connectivity index (χ4n) is 3.15. The van der Waals surface area contributed by atoms with E-state index in [1.54, 1.807) is 24.4 Å². The highest BCUT2D eigenvalue weighted by molar-refractivity contribution is 5.95. The van der Waals surface area contributed by atoms with Crippen LogP contribution in [0, 0.1) is 23.7 Å². The Morgan fingerprint density at radius 1 is 1.21 bits per heavy atom. The van der Waals surface area contributed by atoms with Gasteiger partial charge in [0.1, 0.15) is 5.82 Å². The highest BCUT2D eigenvalue weighted by Crippen LogP contribution is 2.48. The van der Waals surface area contributed by atoms with E-state index >= 15 is 0 Å². The quantitative estimate of drug-likeness (QED) is 0.785. The van der Waals surface area contributed by atoms with Gasteiger partial charge in [-0.2, -0.15) is 0 Å². The fraction of sp³-hybridized carbons (Fsp3) is 0.357. The maximum Gasteiger partial charge on any atom is 0.229 e. The number of hydrogen-bond donors (Lipinski definition) is 1. The zero-order valence-electron chi connectivity index (χ0n) is 10.2. The van der Waals surface area contributed by atoms with E-state index in [-0.39, 0.29) is 17.7 Å². The van der Waals surface area contributed by atoms with E-state index < -0.39 is 17.8 Å². The molecule has 1 N–H and O–H groups in total. The summed E-state index contributed by atoms with van der Waals surface area (Å²) in [5, 5.41) is 13.9. The van der Waals surface area contributed by atoms with Gasteiger partial charge in [0.05, 0.1) is 5.92 Å². The molecule has 0 saturated heterocycles. The minimum Gasteiger partial charge on any atom is -0.550 e. The molecule has 2 aliphatic rings. The first-order chi connectivity index (χ1) is 9.16. The number of aliphatic carboxylic acids is 1. The van der Waals surface area contributed by atoms with Gasteiger partial charge in [-0.3, -0.25) is 4.79 Å². The van der Waals surface area contributed by atoms with E-state index in [4.69, 9.17) is 0 Å². The van der Waals surface area contributed by atoms with Gasteiger partial charge in [-0.15, -0.1) is 0 Å². The molecule has 0 spiro atoms. The van der Waals surface area contributed by atoms with Crippen molar-refractivity contribution in [3.05, 3.63) is 36.5 Å². The van der Waals surface area contributed by atoms with E-state index in [1.165, 1.54) is 0 Å². The molecule has 4 atom stereocenters. The molecule has 0 unspecified atom stereocenters. The zero-order valence-corrected chi connectivity index (χ0v) is 10.2. The summed E-state index contributed by atoms with van der Waals surface area (Å²) in [4.78, 5) is 27.5. The van der Waals surface area contributed by atoms with Crippen molar-refractivity contribution in [2.75, 3.05) is 5.32 Å². The number of carbonyl (C=O) groups is 2. The molecular formula is C14H13N2O3-. The molecule has 2 bridgehead atoms. The lowest BCUT2D eigenvalue weighted by atomic mass is 9.82. The van der Waals surface area contributed by atoms with Crippen molar-refractivity contribution < 1.29 is 14.7 Å². The fourth-order valence-corrected chi connectivity index (χ4v) is 3.15. The summed E-state index contributed by atoms with van der Waals surface area (Å²) in [5.41, 5.74) is 0. The highest BCUT2D eigenvalue weighted by atomic mass is 16.4. The number of allylic oxidation sites excluding steroid dienone is 2. The Kier molecular flexibility index (Phi) is 2.81. The third-order valence-electron chi connectivity index (χ3n) is 3.95. The molecule has 2 aliphatic carbocycles. The van der Waals surface area contributed by atoms with Crippen molar-refractivity contribution in [1.82, 2.24) is 4.98 Å². The van der Waals surface area contributed by atoms with Crippen molar-refractivity contribution in [3.8, 4) is 0 Å². The molecule has 98 valence electrons. The highest BCUT2D eigenvalue weighted by Gasteiger charge is 2.48. The maximum absolute atomic E-state index is 12.2. The van der Waals surface area contributed by atoms with Crippen molar-refractivity contribution in [2.45, 2.75) is 6.42 Å². The van der Waals surface area contributed by atoms with Gasteiger partial charge in [0.15, 0.2) is 0 Å². The lowest BCUT2D eigenvalue weighted by Crippen LogP contribution is -2.42. The van der Waals surface area contributed by atoms with Crippen LogP contribution in [0.1, 0.15) is 6.42 Å². The normalized spacial score (nSPS) is 31.4. The molecule has 0 radical (unpaired) electrons. The van der Waals surface area contributed by atoms with Crippen LogP contribution in [0.5, 0.6) is 0 Å². The first-order valence-electron chi connectivity index (χ1n) is 6.28. The van der Waals surface area contributed by atoms with Crippen LogP contribution in [0.3, 0.4) is 0 Å². The molecule has 1 fully saturated rings. The molecule has 1 amide bonds. The van der Waals surface area contributed by atoms with Gasteiger partial charge < -0.3 is 15.2 Å². The van der Waals surface area contributed by atoms with Crippen molar-refractivity contribution in [2.24, 2.45) is 23.7 Å². The number of rotatable bonds is 3. The minimum absolute atomic E-state index is 0.00314. The Morgan fingerprint density at radius 3 is 2.58 bits per heavy atom. The number of carbonyl (C=O) groups excluding carboxylic acids is 2. The van der Waals surface area contributed by atoms with Gasteiger partial charge in [-0.1, -0.05) is 18.2 Å². The summed E-state index contributed by atoms with van der Waals surface area (Å²) in [6.45, 7) is 0. The predicted molar refractivity (Wildman–Crippen MR) is 65.6 cm³/mol. The van der Waals surface area contributed by atoms with Gasteiger partial charge >= 0.3 is 0 Å². The number of anilines is 1. The molecule has 0 aromatic carbocycles. The van der Waals surface area contributed by atoms with Crippen molar-refractivity contribution in [1.29, 1.82) is 0 Å². The number of hydrogen-bond acceptors (Lipinski definition) is 4. The van der Waals surface area contributed by atoms with Crippen molar-refractivity contribution >= 4 is 17.7 Å². The Balaban J connectivity index is 1.79. The van der Waals surface area contributed by atoms with E-state index in [0.29, 0.717) is 5.82 Å². The molecule has 1 saturated carbocycles. The second-order valence-electron chi connectivity index (χ2n) is 5.02. The lowest BCUT2D eigenvalue weighted by Gasteiger charge is -2.27. The molecular weight excluding hydrogens is 244 g/mol. The number of aromatic nitrogens is 1. The first kappa shape index (κ1) is 11.9. The zero-order chi connectivity index (χ0) is 13.4. The number of pyridine rings is 1. The van der Waals surface area contributed by atoms with E-state index in [1.807, 2.05) is 12.2 Å². The molecule has 5 heteroatoms. The minimum atomic E-state index is -1.14. The number of nitrogens with zero attached hydrogens (tertiary/aromatic N) is 1. The second-order valence-corrected chi connectivity index (χ2v) is 5.02. The summed E-state index contributed by atoms with van der Waals surface area (Å²) in [6.07, 6.45) is 6.12. The molecule has 19 heavy (non-hydrogen) atoms. The van der Waals surface area contributed by atoms with Crippen LogP contribution < -0.4 is 10.4 Å². The van der Waals surface area contributed by atoms with Gasteiger partial charge in [0, 0.05) is 18.1 Å². The third-order valence-corrected chi connectivity index (χ3v) is 3.95. The van der Waals surface area contributed by atoms with Gasteiger partial charge in [-0.05, 0) is 30.4 Å². The topological polar surface area (TPSA) is 82.1 Å². The van der Waals surface area contributed by atoms with Gasteiger partial charge in [0.2, 0.25) is 5.91 Å². The summed E-state index contributed by atoms with van der Waals surface area (Å²) in [5.74, 6) is -2.34.